The van der Waals surface area contributed by atoms with E-state index in [1.165, 1.54) is 25.8 Å². The fraction of sp³-hybridized carbons (Fsp3) is 0.636. The molecule has 1 N–H and O–H groups in total. The Morgan fingerprint density at radius 3 is 2.89 bits per heavy atom. The van der Waals surface area contributed by atoms with E-state index in [1.54, 1.807) is 4.90 Å². The molecule has 1 aromatic rings. The fourth-order valence-corrected chi connectivity index (χ4v) is 4.03. The lowest BCUT2D eigenvalue weighted by atomic mass is 10.0. The van der Waals surface area contributed by atoms with Gasteiger partial charge in [-0.05, 0) is 57.4 Å². The first-order valence-corrected chi connectivity index (χ1v) is 10.6. The SMILES string of the molecule is Cc1ccc2c(c1)N(C(=O)CCC(=O)NCCCN1CCCCC1C)CCO2. The van der Waals surface area contributed by atoms with Crippen molar-refractivity contribution in [3.63, 3.8) is 0 Å². The molecule has 2 heterocycles. The van der Waals surface area contributed by atoms with Gasteiger partial charge in [-0.2, -0.15) is 0 Å². The smallest absolute Gasteiger partial charge is 0.227 e. The van der Waals surface area contributed by atoms with E-state index in [0.29, 0.717) is 25.7 Å². The van der Waals surface area contributed by atoms with E-state index in [9.17, 15) is 9.59 Å². The number of hydrogen-bond donors (Lipinski definition) is 1. The van der Waals surface area contributed by atoms with Crippen molar-refractivity contribution in [1.82, 2.24) is 10.2 Å². The van der Waals surface area contributed by atoms with Gasteiger partial charge in [-0.1, -0.05) is 12.5 Å². The Morgan fingerprint density at radius 1 is 1.21 bits per heavy atom. The predicted octanol–water partition coefficient (Wildman–Crippen LogP) is 2.88. The minimum absolute atomic E-state index is 0.0209. The minimum atomic E-state index is -0.0437. The average Bonchev–Trinajstić information content (AvgIpc) is 2.70. The first-order chi connectivity index (χ1) is 13.5. The van der Waals surface area contributed by atoms with Crippen LogP contribution in [-0.4, -0.2) is 55.5 Å². The van der Waals surface area contributed by atoms with Crippen molar-refractivity contribution in [2.45, 2.75) is 58.4 Å². The standard InChI is InChI=1S/C22H33N3O3/c1-17-7-8-20-19(16-17)25(14-15-28-20)22(27)10-9-21(26)23-11-5-13-24-12-4-3-6-18(24)2/h7-8,16,18H,3-6,9-15H2,1-2H3,(H,23,26). The van der Waals surface area contributed by atoms with Crippen LogP contribution in [0.3, 0.4) is 0 Å². The molecule has 2 amide bonds. The van der Waals surface area contributed by atoms with Crippen molar-refractivity contribution < 1.29 is 14.3 Å². The highest BCUT2D eigenvalue weighted by Gasteiger charge is 2.24. The van der Waals surface area contributed by atoms with Crippen molar-refractivity contribution in [3.8, 4) is 5.75 Å². The van der Waals surface area contributed by atoms with Crippen LogP contribution < -0.4 is 15.0 Å². The second kappa shape index (κ2) is 9.92. The molecule has 0 spiro atoms. The molecule has 1 unspecified atom stereocenters. The summed E-state index contributed by atoms with van der Waals surface area (Å²) in [6.07, 6.45) is 5.30. The second-order valence-electron chi connectivity index (χ2n) is 7.95. The quantitative estimate of drug-likeness (QED) is 0.731. The van der Waals surface area contributed by atoms with Gasteiger partial charge in [-0.3, -0.25) is 9.59 Å². The molecule has 0 aromatic heterocycles. The summed E-state index contributed by atoms with van der Waals surface area (Å²) in [6, 6.07) is 6.50. The Labute approximate surface area is 168 Å². The zero-order valence-corrected chi connectivity index (χ0v) is 17.2. The lowest BCUT2D eigenvalue weighted by molar-refractivity contribution is -0.125. The number of hydrogen-bond acceptors (Lipinski definition) is 4. The fourth-order valence-electron chi connectivity index (χ4n) is 4.03. The van der Waals surface area contributed by atoms with E-state index in [1.807, 2.05) is 25.1 Å². The maximum atomic E-state index is 12.6. The summed E-state index contributed by atoms with van der Waals surface area (Å²) in [5, 5.41) is 2.96. The highest BCUT2D eigenvalue weighted by atomic mass is 16.5. The predicted molar refractivity (Wildman–Crippen MR) is 111 cm³/mol. The molecular formula is C22H33N3O3. The van der Waals surface area contributed by atoms with Crippen LogP contribution in [0.5, 0.6) is 5.75 Å². The van der Waals surface area contributed by atoms with Crippen LogP contribution in [0, 0.1) is 6.92 Å². The van der Waals surface area contributed by atoms with Crippen LogP contribution in [0.15, 0.2) is 18.2 Å². The number of rotatable bonds is 7. The number of aryl methyl sites for hydroxylation is 1. The molecule has 0 saturated carbocycles. The normalized spacial score (nSPS) is 19.6. The van der Waals surface area contributed by atoms with Crippen molar-refractivity contribution in [2.24, 2.45) is 0 Å². The van der Waals surface area contributed by atoms with Crippen molar-refractivity contribution >= 4 is 17.5 Å². The molecule has 0 aliphatic carbocycles. The third-order valence-electron chi connectivity index (χ3n) is 5.73. The molecule has 2 aliphatic heterocycles. The van der Waals surface area contributed by atoms with Crippen LogP contribution in [0.4, 0.5) is 5.69 Å². The van der Waals surface area contributed by atoms with Crippen molar-refractivity contribution in [3.05, 3.63) is 23.8 Å². The number of nitrogens with zero attached hydrogens (tertiary/aromatic N) is 2. The molecule has 2 aliphatic rings. The number of benzene rings is 1. The van der Waals surface area contributed by atoms with Crippen LogP contribution in [-0.2, 0) is 9.59 Å². The molecule has 1 saturated heterocycles. The number of amides is 2. The number of piperidine rings is 1. The summed E-state index contributed by atoms with van der Waals surface area (Å²) >= 11 is 0. The molecule has 6 heteroatoms. The summed E-state index contributed by atoms with van der Waals surface area (Å²) < 4.78 is 5.63. The number of carbonyl (C=O) groups is 2. The Hall–Kier alpha value is -2.08. The molecule has 1 atom stereocenters. The monoisotopic (exact) mass is 387 g/mol. The Bertz CT molecular complexity index is 692. The summed E-state index contributed by atoms with van der Waals surface area (Å²) in [4.78, 5) is 29.0. The van der Waals surface area contributed by atoms with Gasteiger partial charge in [0.1, 0.15) is 12.4 Å². The van der Waals surface area contributed by atoms with Crippen LogP contribution >= 0.6 is 0 Å². The van der Waals surface area contributed by atoms with E-state index in [4.69, 9.17) is 4.74 Å². The number of nitrogens with one attached hydrogen (secondary N) is 1. The van der Waals surface area contributed by atoms with Gasteiger partial charge < -0.3 is 19.9 Å². The van der Waals surface area contributed by atoms with Gasteiger partial charge >= 0.3 is 0 Å². The first kappa shape index (κ1) is 20.6. The molecule has 3 rings (SSSR count). The van der Waals surface area contributed by atoms with E-state index in [0.717, 1.165) is 30.0 Å². The Kier molecular flexibility index (Phi) is 7.31. The topological polar surface area (TPSA) is 61.9 Å². The van der Waals surface area contributed by atoms with Gasteiger partial charge in [-0.15, -0.1) is 0 Å². The van der Waals surface area contributed by atoms with E-state index >= 15 is 0 Å². The van der Waals surface area contributed by atoms with E-state index in [-0.39, 0.29) is 24.7 Å². The maximum absolute atomic E-state index is 12.6. The number of ether oxygens (including phenoxy) is 1. The minimum Gasteiger partial charge on any atom is -0.490 e. The summed E-state index contributed by atoms with van der Waals surface area (Å²) in [5.74, 6) is 0.673. The van der Waals surface area contributed by atoms with Gasteiger partial charge in [0.15, 0.2) is 0 Å². The van der Waals surface area contributed by atoms with Crippen LogP contribution in [0.1, 0.15) is 51.0 Å². The summed E-state index contributed by atoms with van der Waals surface area (Å²) in [6.45, 7) is 8.18. The molecular weight excluding hydrogens is 354 g/mol. The Balaban J connectivity index is 1.38. The third-order valence-corrected chi connectivity index (χ3v) is 5.73. The highest BCUT2D eigenvalue weighted by molar-refractivity contribution is 5.97. The maximum Gasteiger partial charge on any atom is 0.227 e. The van der Waals surface area contributed by atoms with E-state index < -0.39 is 0 Å². The lowest BCUT2D eigenvalue weighted by Gasteiger charge is -2.33. The zero-order valence-electron chi connectivity index (χ0n) is 17.2. The van der Waals surface area contributed by atoms with Crippen LogP contribution in [0.25, 0.3) is 0 Å². The van der Waals surface area contributed by atoms with Gasteiger partial charge in [0.25, 0.3) is 0 Å². The summed E-state index contributed by atoms with van der Waals surface area (Å²) in [7, 11) is 0. The molecule has 28 heavy (non-hydrogen) atoms. The van der Waals surface area contributed by atoms with Crippen LogP contribution in [0.2, 0.25) is 0 Å². The van der Waals surface area contributed by atoms with Gasteiger partial charge in [0.05, 0.1) is 12.2 Å². The number of carbonyl (C=O) groups excluding carboxylic acids is 2. The lowest BCUT2D eigenvalue weighted by Crippen LogP contribution is -2.39. The average molecular weight is 388 g/mol. The number of likely N-dealkylation sites (tertiary alicyclic amines) is 1. The van der Waals surface area contributed by atoms with Crippen molar-refractivity contribution in [2.75, 3.05) is 37.7 Å². The zero-order chi connectivity index (χ0) is 19.9. The molecule has 1 fully saturated rings. The first-order valence-electron chi connectivity index (χ1n) is 10.6. The highest BCUT2D eigenvalue weighted by Crippen LogP contribution is 2.32. The molecule has 0 radical (unpaired) electrons. The van der Waals surface area contributed by atoms with Gasteiger partial charge in [-0.25, -0.2) is 0 Å². The largest absolute Gasteiger partial charge is 0.490 e. The third kappa shape index (κ3) is 5.47. The Morgan fingerprint density at radius 2 is 2.07 bits per heavy atom. The number of anilines is 1. The van der Waals surface area contributed by atoms with Gasteiger partial charge in [0, 0.05) is 32.0 Å². The molecule has 6 nitrogen and oxygen atoms in total. The molecule has 0 bridgehead atoms. The van der Waals surface area contributed by atoms with Crippen molar-refractivity contribution in [1.29, 1.82) is 0 Å². The second-order valence-corrected chi connectivity index (χ2v) is 7.95. The number of fused-ring (bicyclic) bond motifs is 1. The molecule has 1 aromatic carbocycles. The summed E-state index contributed by atoms with van der Waals surface area (Å²) in [5.41, 5.74) is 1.90. The van der Waals surface area contributed by atoms with E-state index in [2.05, 4.69) is 17.1 Å². The van der Waals surface area contributed by atoms with Gasteiger partial charge in [0.2, 0.25) is 11.8 Å². The molecule has 154 valence electrons.